The molecule has 7 nitrogen and oxygen atoms in total. The lowest BCUT2D eigenvalue weighted by molar-refractivity contribution is -0.153. The van der Waals surface area contributed by atoms with Crippen LogP contribution in [0.25, 0.3) is 0 Å². The molecule has 28 heavy (non-hydrogen) atoms. The van der Waals surface area contributed by atoms with E-state index in [1.165, 1.54) is 19.2 Å². The number of imide groups is 1. The van der Waals surface area contributed by atoms with E-state index in [9.17, 15) is 14.4 Å². The molecule has 2 amide bonds. The largest absolute Gasteiger partial charge is 0.497 e. The van der Waals surface area contributed by atoms with Gasteiger partial charge in [-0.1, -0.05) is 11.6 Å². The lowest BCUT2D eigenvalue weighted by Gasteiger charge is -2.24. The van der Waals surface area contributed by atoms with Crippen LogP contribution in [0.15, 0.2) is 42.5 Å². The van der Waals surface area contributed by atoms with Gasteiger partial charge in [0, 0.05) is 10.6 Å². The smallest absolute Gasteiger partial charge is 0.313 e. The number of methoxy groups -OCH3 is 1. The van der Waals surface area contributed by atoms with Crippen molar-refractivity contribution in [3.8, 4) is 11.5 Å². The summed E-state index contributed by atoms with van der Waals surface area (Å²) in [6, 6.07) is 11.4. The topological polar surface area (TPSA) is 90.9 Å². The van der Waals surface area contributed by atoms with Crippen LogP contribution >= 0.6 is 11.6 Å². The van der Waals surface area contributed by atoms with Crippen molar-refractivity contribution in [1.82, 2.24) is 5.32 Å². The molecular formula is C20H18ClNO6. The predicted octanol–water partition coefficient (Wildman–Crippen LogP) is 2.40. The second kappa shape index (κ2) is 8.75. The zero-order valence-electron chi connectivity index (χ0n) is 15.1. The van der Waals surface area contributed by atoms with E-state index in [0.29, 0.717) is 22.9 Å². The van der Waals surface area contributed by atoms with E-state index in [-0.39, 0.29) is 12.2 Å². The zero-order valence-corrected chi connectivity index (χ0v) is 15.8. The molecule has 0 saturated carbocycles. The summed E-state index contributed by atoms with van der Waals surface area (Å²) < 4.78 is 15.6. The average molecular weight is 404 g/mol. The average Bonchev–Trinajstić information content (AvgIpc) is 2.71. The van der Waals surface area contributed by atoms with E-state index in [2.05, 4.69) is 5.32 Å². The normalized spacial score (nSPS) is 15.0. The second-order valence-electron chi connectivity index (χ2n) is 6.18. The molecule has 0 saturated heterocycles. The Morgan fingerprint density at radius 1 is 1.18 bits per heavy atom. The lowest BCUT2D eigenvalue weighted by atomic mass is 9.97. The Kier molecular flexibility index (Phi) is 6.16. The molecule has 0 bridgehead atoms. The van der Waals surface area contributed by atoms with E-state index in [1.54, 1.807) is 30.3 Å². The molecule has 1 N–H and O–H groups in total. The van der Waals surface area contributed by atoms with Gasteiger partial charge >= 0.3 is 5.97 Å². The number of carbonyl (C=O) groups excluding carboxylic acids is 3. The number of carbonyl (C=O) groups is 3. The molecule has 1 heterocycles. The van der Waals surface area contributed by atoms with Crippen LogP contribution in [0.5, 0.6) is 11.5 Å². The van der Waals surface area contributed by atoms with Crippen molar-refractivity contribution >= 4 is 29.4 Å². The van der Waals surface area contributed by atoms with Crippen LogP contribution in [0.1, 0.15) is 15.9 Å². The van der Waals surface area contributed by atoms with Crippen LogP contribution in [0, 0.1) is 5.92 Å². The highest BCUT2D eigenvalue weighted by atomic mass is 35.5. The number of ether oxygens (including phenoxy) is 3. The molecule has 0 aromatic heterocycles. The highest BCUT2D eigenvalue weighted by Gasteiger charge is 2.28. The van der Waals surface area contributed by atoms with Crippen molar-refractivity contribution in [2.24, 2.45) is 5.92 Å². The molecule has 146 valence electrons. The van der Waals surface area contributed by atoms with Gasteiger partial charge in [0.05, 0.1) is 13.0 Å². The SMILES string of the molecule is COc1ccc(C(=O)NC(=O)COC(=O)C2COc3ccc(Cl)cc3C2)cc1. The van der Waals surface area contributed by atoms with E-state index >= 15 is 0 Å². The Morgan fingerprint density at radius 3 is 2.64 bits per heavy atom. The predicted molar refractivity (Wildman–Crippen MR) is 101 cm³/mol. The quantitative estimate of drug-likeness (QED) is 0.771. The molecular weight excluding hydrogens is 386 g/mol. The maximum Gasteiger partial charge on any atom is 0.313 e. The summed E-state index contributed by atoms with van der Waals surface area (Å²) in [5.74, 6) is -1.15. The highest BCUT2D eigenvalue weighted by Crippen LogP contribution is 2.30. The van der Waals surface area contributed by atoms with Gasteiger partial charge in [-0.25, -0.2) is 0 Å². The van der Waals surface area contributed by atoms with E-state index in [0.717, 1.165) is 5.56 Å². The standard InChI is InChI=1S/C20H18ClNO6/c1-26-16-5-2-12(3-6-16)19(24)22-18(23)11-28-20(25)14-8-13-9-15(21)4-7-17(13)27-10-14/h2-7,9,14H,8,10-11H2,1H3,(H,22,23,24). The van der Waals surface area contributed by atoms with Crippen molar-refractivity contribution in [2.75, 3.05) is 20.3 Å². The fraction of sp³-hybridized carbons (Fsp3) is 0.250. The summed E-state index contributed by atoms with van der Waals surface area (Å²) in [5.41, 5.74) is 1.09. The van der Waals surface area contributed by atoms with Crippen LogP contribution in [0.3, 0.4) is 0 Å². The molecule has 1 unspecified atom stereocenters. The molecule has 1 atom stereocenters. The molecule has 0 radical (unpaired) electrons. The molecule has 3 rings (SSSR count). The van der Waals surface area contributed by atoms with Crippen LogP contribution in [-0.4, -0.2) is 38.1 Å². The summed E-state index contributed by atoms with van der Waals surface area (Å²) in [6.07, 6.45) is 0.404. The molecule has 2 aromatic rings. The van der Waals surface area contributed by atoms with E-state index in [1.807, 2.05) is 0 Å². The lowest BCUT2D eigenvalue weighted by Crippen LogP contribution is -2.36. The minimum atomic E-state index is -0.714. The van der Waals surface area contributed by atoms with Crippen LogP contribution in [0.4, 0.5) is 0 Å². The Labute approximate surface area is 166 Å². The number of esters is 1. The maximum absolute atomic E-state index is 12.2. The van der Waals surface area contributed by atoms with Crippen LogP contribution in [-0.2, 0) is 20.7 Å². The molecule has 2 aromatic carbocycles. The van der Waals surface area contributed by atoms with Crippen molar-refractivity contribution in [2.45, 2.75) is 6.42 Å². The third-order valence-corrected chi connectivity index (χ3v) is 4.45. The summed E-state index contributed by atoms with van der Waals surface area (Å²) in [7, 11) is 1.51. The first-order chi connectivity index (χ1) is 13.5. The van der Waals surface area contributed by atoms with Gasteiger partial charge in [0.15, 0.2) is 6.61 Å². The Morgan fingerprint density at radius 2 is 1.93 bits per heavy atom. The number of hydrogen-bond acceptors (Lipinski definition) is 6. The third kappa shape index (κ3) is 4.80. The van der Waals surface area contributed by atoms with E-state index in [4.69, 9.17) is 25.8 Å². The number of hydrogen-bond donors (Lipinski definition) is 1. The van der Waals surface area contributed by atoms with Crippen molar-refractivity contribution < 1.29 is 28.6 Å². The maximum atomic E-state index is 12.2. The number of amides is 2. The van der Waals surface area contributed by atoms with Gasteiger partial charge in [0.1, 0.15) is 18.1 Å². The third-order valence-electron chi connectivity index (χ3n) is 4.21. The molecule has 0 spiro atoms. The Bertz CT molecular complexity index is 896. The summed E-state index contributed by atoms with van der Waals surface area (Å²) in [5, 5.41) is 2.72. The minimum Gasteiger partial charge on any atom is -0.497 e. The second-order valence-corrected chi connectivity index (χ2v) is 6.61. The molecule has 0 fully saturated rings. The van der Waals surface area contributed by atoms with Crippen molar-refractivity contribution in [3.05, 3.63) is 58.6 Å². The number of nitrogens with one attached hydrogen (secondary N) is 1. The van der Waals surface area contributed by atoms with Gasteiger partial charge in [0.2, 0.25) is 0 Å². The zero-order chi connectivity index (χ0) is 20.1. The highest BCUT2D eigenvalue weighted by molar-refractivity contribution is 6.30. The Hall–Kier alpha value is -3.06. The minimum absolute atomic E-state index is 0.153. The number of rotatable bonds is 5. The monoisotopic (exact) mass is 403 g/mol. The van der Waals surface area contributed by atoms with Gasteiger partial charge in [-0.3, -0.25) is 19.7 Å². The molecule has 1 aliphatic heterocycles. The van der Waals surface area contributed by atoms with Crippen molar-refractivity contribution in [1.29, 1.82) is 0 Å². The molecule has 8 heteroatoms. The summed E-state index contributed by atoms with van der Waals surface area (Å²) in [4.78, 5) is 36.1. The van der Waals surface area contributed by atoms with Gasteiger partial charge in [-0.15, -0.1) is 0 Å². The van der Waals surface area contributed by atoms with Crippen molar-refractivity contribution in [3.63, 3.8) is 0 Å². The fourth-order valence-electron chi connectivity index (χ4n) is 2.75. The number of halogens is 1. The summed E-state index contributed by atoms with van der Waals surface area (Å²) in [6.45, 7) is -0.403. The number of benzene rings is 2. The fourth-order valence-corrected chi connectivity index (χ4v) is 2.94. The first-order valence-electron chi connectivity index (χ1n) is 8.52. The molecule has 0 aliphatic carbocycles. The van der Waals surface area contributed by atoms with Gasteiger partial charge < -0.3 is 14.2 Å². The first-order valence-corrected chi connectivity index (χ1v) is 8.90. The summed E-state index contributed by atoms with van der Waals surface area (Å²) >= 11 is 5.96. The number of fused-ring (bicyclic) bond motifs is 1. The van der Waals surface area contributed by atoms with Gasteiger partial charge in [-0.2, -0.15) is 0 Å². The Balaban J connectivity index is 1.49. The van der Waals surface area contributed by atoms with Crippen LogP contribution in [0.2, 0.25) is 5.02 Å². The molecule has 1 aliphatic rings. The van der Waals surface area contributed by atoms with Gasteiger partial charge in [-0.05, 0) is 54.4 Å². The van der Waals surface area contributed by atoms with Crippen LogP contribution < -0.4 is 14.8 Å². The first kappa shape index (κ1) is 19.7. The van der Waals surface area contributed by atoms with Gasteiger partial charge in [0.25, 0.3) is 11.8 Å². The van der Waals surface area contributed by atoms with E-state index < -0.39 is 30.3 Å².